The van der Waals surface area contributed by atoms with E-state index in [-0.39, 0.29) is 0 Å². The van der Waals surface area contributed by atoms with E-state index in [1.807, 2.05) is 6.33 Å². The van der Waals surface area contributed by atoms with E-state index in [9.17, 15) is 0 Å². The average molecular weight is 165 g/mol. The number of aryl methyl sites for hydroxylation is 1. The molecular weight excluding hydrogens is 150 g/mol. The Morgan fingerprint density at radius 1 is 1.75 bits per heavy atom. The van der Waals surface area contributed by atoms with Crippen LogP contribution >= 0.6 is 0 Å². The number of aromatic nitrogens is 2. The van der Waals surface area contributed by atoms with E-state index < -0.39 is 0 Å². The monoisotopic (exact) mass is 165 g/mol. The summed E-state index contributed by atoms with van der Waals surface area (Å²) >= 11 is 0. The van der Waals surface area contributed by atoms with Gasteiger partial charge in [0.2, 0.25) is 0 Å². The van der Waals surface area contributed by atoms with Crippen molar-refractivity contribution in [1.82, 2.24) is 9.55 Å². The van der Waals surface area contributed by atoms with Crippen LogP contribution in [-0.4, -0.2) is 16.1 Å². The molecular formula is C9H15N3. The lowest BCUT2D eigenvalue weighted by atomic mass is 9.97. The lowest BCUT2D eigenvalue weighted by Crippen LogP contribution is -2.25. The predicted molar refractivity (Wildman–Crippen MR) is 47.8 cm³/mol. The van der Waals surface area contributed by atoms with Crippen LogP contribution in [0.15, 0.2) is 6.33 Å². The molecule has 0 aliphatic carbocycles. The second-order valence-corrected chi connectivity index (χ2v) is 3.57. The lowest BCUT2D eigenvalue weighted by molar-refractivity contribution is 0.377. The summed E-state index contributed by atoms with van der Waals surface area (Å²) in [5.41, 5.74) is 8.22. The minimum Gasteiger partial charge on any atom is -0.334 e. The summed E-state index contributed by atoms with van der Waals surface area (Å²) in [6.45, 7) is 3.94. The largest absolute Gasteiger partial charge is 0.334 e. The molecule has 1 aliphatic rings. The average Bonchev–Trinajstić information content (AvgIpc) is 2.47. The zero-order valence-corrected chi connectivity index (χ0v) is 7.45. The maximum absolute atomic E-state index is 5.63. The lowest BCUT2D eigenvalue weighted by Gasteiger charge is -2.22. The minimum absolute atomic E-state index is 0.658. The zero-order chi connectivity index (χ0) is 8.55. The summed E-state index contributed by atoms with van der Waals surface area (Å²) in [5.74, 6) is 0.658. The van der Waals surface area contributed by atoms with Gasteiger partial charge in [-0.3, -0.25) is 0 Å². The third kappa shape index (κ3) is 1.14. The van der Waals surface area contributed by atoms with Crippen molar-refractivity contribution in [2.24, 2.45) is 11.7 Å². The summed E-state index contributed by atoms with van der Waals surface area (Å²) in [5, 5.41) is 0. The van der Waals surface area contributed by atoms with Gasteiger partial charge in [0.05, 0.1) is 12.0 Å². The van der Waals surface area contributed by atoms with Gasteiger partial charge in [0.1, 0.15) is 0 Å². The standard InChI is InChI=1S/C9H15N3/c1-7-9-3-2-8(4-10)5-12(9)6-11-7/h6,8H,2-5,10H2,1H3. The molecule has 0 bridgehead atoms. The summed E-state index contributed by atoms with van der Waals surface area (Å²) in [4.78, 5) is 4.29. The normalized spacial score (nSPS) is 22.3. The van der Waals surface area contributed by atoms with Gasteiger partial charge in [-0.15, -0.1) is 0 Å². The molecule has 2 rings (SSSR count). The van der Waals surface area contributed by atoms with Crippen molar-refractivity contribution >= 4 is 0 Å². The Bertz CT molecular complexity index is 277. The van der Waals surface area contributed by atoms with Gasteiger partial charge in [-0.25, -0.2) is 4.98 Å². The quantitative estimate of drug-likeness (QED) is 0.666. The first-order valence-corrected chi connectivity index (χ1v) is 4.52. The fraction of sp³-hybridized carbons (Fsp3) is 0.667. The highest BCUT2D eigenvalue weighted by Crippen LogP contribution is 2.20. The predicted octanol–water partition coefficient (Wildman–Crippen LogP) is 0.713. The summed E-state index contributed by atoms with van der Waals surface area (Å²) in [6.07, 6.45) is 4.31. The zero-order valence-electron chi connectivity index (χ0n) is 7.45. The van der Waals surface area contributed by atoms with Crippen LogP contribution < -0.4 is 5.73 Å². The molecule has 3 nitrogen and oxygen atoms in total. The summed E-state index contributed by atoms with van der Waals surface area (Å²) in [6, 6.07) is 0. The van der Waals surface area contributed by atoms with E-state index in [4.69, 9.17) is 5.73 Å². The van der Waals surface area contributed by atoms with E-state index in [0.717, 1.165) is 19.5 Å². The highest BCUT2D eigenvalue weighted by atomic mass is 15.1. The SMILES string of the molecule is Cc1ncn2c1CCC(CN)C2. The van der Waals surface area contributed by atoms with Gasteiger partial charge in [0.25, 0.3) is 0 Å². The van der Waals surface area contributed by atoms with Crippen molar-refractivity contribution in [1.29, 1.82) is 0 Å². The number of hydrogen-bond donors (Lipinski definition) is 1. The fourth-order valence-electron chi connectivity index (χ4n) is 1.89. The van der Waals surface area contributed by atoms with Crippen molar-refractivity contribution in [2.75, 3.05) is 6.54 Å². The molecule has 0 aromatic carbocycles. The molecule has 1 atom stereocenters. The molecule has 1 aliphatic heterocycles. The number of imidazole rings is 1. The number of fused-ring (bicyclic) bond motifs is 1. The van der Waals surface area contributed by atoms with Gasteiger partial charge in [0, 0.05) is 12.2 Å². The third-order valence-corrected chi connectivity index (χ3v) is 2.73. The molecule has 0 amide bonds. The molecule has 66 valence electrons. The first kappa shape index (κ1) is 7.80. The van der Waals surface area contributed by atoms with Crippen LogP contribution in [0.5, 0.6) is 0 Å². The van der Waals surface area contributed by atoms with Gasteiger partial charge >= 0.3 is 0 Å². The molecule has 2 heterocycles. The van der Waals surface area contributed by atoms with Gasteiger partial charge < -0.3 is 10.3 Å². The molecule has 0 radical (unpaired) electrons. The second-order valence-electron chi connectivity index (χ2n) is 3.57. The molecule has 2 N–H and O–H groups in total. The highest BCUT2D eigenvalue weighted by molar-refractivity contribution is 5.13. The van der Waals surface area contributed by atoms with E-state index in [2.05, 4.69) is 16.5 Å². The van der Waals surface area contributed by atoms with E-state index >= 15 is 0 Å². The Labute approximate surface area is 72.6 Å². The number of hydrogen-bond acceptors (Lipinski definition) is 2. The van der Waals surface area contributed by atoms with Gasteiger partial charge in [-0.1, -0.05) is 0 Å². The minimum atomic E-state index is 0.658. The van der Waals surface area contributed by atoms with Gasteiger partial charge in [-0.2, -0.15) is 0 Å². The van der Waals surface area contributed by atoms with Crippen molar-refractivity contribution in [3.63, 3.8) is 0 Å². The second kappa shape index (κ2) is 2.90. The van der Waals surface area contributed by atoms with Crippen molar-refractivity contribution in [2.45, 2.75) is 26.3 Å². The van der Waals surface area contributed by atoms with Gasteiger partial charge in [-0.05, 0) is 32.2 Å². The van der Waals surface area contributed by atoms with E-state index in [1.165, 1.54) is 17.8 Å². The van der Waals surface area contributed by atoms with Crippen molar-refractivity contribution in [3.05, 3.63) is 17.7 Å². The van der Waals surface area contributed by atoms with Crippen LogP contribution in [-0.2, 0) is 13.0 Å². The molecule has 0 spiro atoms. The molecule has 3 heteroatoms. The molecule has 0 saturated heterocycles. The van der Waals surface area contributed by atoms with E-state index in [0.29, 0.717) is 5.92 Å². The maximum atomic E-state index is 5.63. The third-order valence-electron chi connectivity index (χ3n) is 2.73. The van der Waals surface area contributed by atoms with Crippen LogP contribution in [0.2, 0.25) is 0 Å². The molecule has 1 aromatic heterocycles. The summed E-state index contributed by atoms with van der Waals surface area (Å²) in [7, 11) is 0. The van der Waals surface area contributed by atoms with Crippen LogP contribution in [0.1, 0.15) is 17.8 Å². The Kier molecular flexibility index (Phi) is 1.89. The Morgan fingerprint density at radius 3 is 3.33 bits per heavy atom. The topological polar surface area (TPSA) is 43.8 Å². The number of nitrogens with zero attached hydrogens (tertiary/aromatic N) is 2. The van der Waals surface area contributed by atoms with Crippen LogP contribution in [0.4, 0.5) is 0 Å². The first-order chi connectivity index (χ1) is 5.81. The Balaban J connectivity index is 2.24. The van der Waals surface area contributed by atoms with Crippen molar-refractivity contribution < 1.29 is 0 Å². The molecule has 0 saturated carbocycles. The first-order valence-electron chi connectivity index (χ1n) is 4.52. The summed E-state index contributed by atoms with van der Waals surface area (Å²) < 4.78 is 2.25. The molecule has 1 unspecified atom stereocenters. The van der Waals surface area contributed by atoms with Crippen molar-refractivity contribution in [3.8, 4) is 0 Å². The van der Waals surface area contributed by atoms with Crippen LogP contribution in [0, 0.1) is 12.8 Å². The number of nitrogens with two attached hydrogens (primary N) is 1. The highest BCUT2D eigenvalue weighted by Gasteiger charge is 2.18. The smallest absolute Gasteiger partial charge is 0.0951 e. The molecule has 0 fully saturated rings. The number of rotatable bonds is 1. The van der Waals surface area contributed by atoms with E-state index in [1.54, 1.807) is 0 Å². The maximum Gasteiger partial charge on any atom is 0.0951 e. The van der Waals surface area contributed by atoms with Crippen LogP contribution in [0.25, 0.3) is 0 Å². The van der Waals surface area contributed by atoms with Gasteiger partial charge in [0.15, 0.2) is 0 Å². The Hall–Kier alpha value is -0.830. The molecule has 12 heavy (non-hydrogen) atoms. The fourth-order valence-corrected chi connectivity index (χ4v) is 1.89. The molecule has 1 aromatic rings. The van der Waals surface area contributed by atoms with Crippen LogP contribution in [0.3, 0.4) is 0 Å². The Morgan fingerprint density at radius 2 is 2.58 bits per heavy atom.